The van der Waals surface area contributed by atoms with E-state index in [1.165, 1.54) is 5.69 Å². The number of anilines is 1. The molecule has 1 aromatic heterocycles. The van der Waals surface area contributed by atoms with E-state index in [1.54, 1.807) is 4.90 Å². The van der Waals surface area contributed by atoms with Gasteiger partial charge in [0.25, 0.3) is 0 Å². The molecule has 0 aliphatic carbocycles. The van der Waals surface area contributed by atoms with Gasteiger partial charge in [0.1, 0.15) is 11.5 Å². The Kier molecular flexibility index (Phi) is 5.20. The summed E-state index contributed by atoms with van der Waals surface area (Å²) < 4.78 is 5.54. The third-order valence-corrected chi connectivity index (χ3v) is 4.47. The fourth-order valence-corrected chi connectivity index (χ4v) is 3.01. The van der Waals surface area contributed by atoms with Gasteiger partial charge in [-0.2, -0.15) is 0 Å². The van der Waals surface area contributed by atoms with Crippen molar-refractivity contribution in [2.75, 3.05) is 44.7 Å². The van der Waals surface area contributed by atoms with Crippen LogP contribution in [0.2, 0.25) is 0 Å². The van der Waals surface area contributed by atoms with Gasteiger partial charge >= 0.3 is 0 Å². The van der Waals surface area contributed by atoms with Crippen molar-refractivity contribution in [3.05, 3.63) is 54.0 Å². The summed E-state index contributed by atoms with van der Waals surface area (Å²) in [6, 6.07) is 14.3. The van der Waals surface area contributed by atoms with Crippen LogP contribution in [-0.4, -0.2) is 55.5 Å². The molecule has 2 heterocycles. The van der Waals surface area contributed by atoms with Gasteiger partial charge in [0.15, 0.2) is 0 Å². The molecule has 1 saturated heterocycles. The van der Waals surface area contributed by atoms with Crippen molar-refractivity contribution >= 4 is 11.6 Å². The summed E-state index contributed by atoms with van der Waals surface area (Å²) in [5.74, 6) is 1.84. The van der Waals surface area contributed by atoms with Crippen LogP contribution in [0.15, 0.2) is 46.9 Å². The summed E-state index contributed by atoms with van der Waals surface area (Å²) in [5.41, 5.74) is 1.26. The van der Waals surface area contributed by atoms with Crippen molar-refractivity contribution in [1.82, 2.24) is 9.80 Å². The standard InChI is InChI=1S/C19H25N3O2/c1-16-8-9-18(24-16)14-20(2)19(23)15-21-10-12-22(13-11-21)17-6-4-3-5-7-17/h3-9H,10-15H2,1-2H3. The Morgan fingerprint density at radius 2 is 1.79 bits per heavy atom. The van der Waals surface area contributed by atoms with E-state index in [4.69, 9.17) is 4.42 Å². The van der Waals surface area contributed by atoms with Crippen LogP contribution in [-0.2, 0) is 11.3 Å². The van der Waals surface area contributed by atoms with Gasteiger partial charge in [-0.15, -0.1) is 0 Å². The maximum atomic E-state index is 12.4. The summed E-state index contributed by atoms with van der Waals surface area (Å²) in [6.07, 6.45) is 0. The Balaban J connectivity index is 1.46. The van der Waals surface area contributed by atoms with Gasteiger partial charge in [0, 0.05) is 38.9 Å². The minimum absolute atomic E-state index is 0.136. The van der Waals surface area contributed by atoms with Crippen LogP contribution in [0.25, 0.3) is 0 Å². The lowest BCUT2D eigenvalue weighted by Crippen LogP contribution is -2.49. The summed E-state index contributed by atoms with van der Waals surface area (Å²) in [7, 11) is 1.83. The predicted octanol–water partition coefficient (Wildman–Crippen LogP) is 2.37. The normalized spacial score (nSPS) is 15.5. The number of para-hydroxylation sites is 1. The molecular formula is C19H25N3O2. The molecule has 128 valence electrons. The van der Waals surface area contributed by atoms with E-state index in [1.807, 2.05) is 32.2 Å². The highest BCUT2D eigenvalue weighted by Gasteiger charge is 2.21. The number of hydrogen-bond acceptors (Lipinski definition) is 4. The summed E-state index contributed by atoms with van der Waals surface area (Å²) in [5, 5.41) is 0. The lowest BCUT2D eigenvalue weighted by Gasteiger charge is -2.36. The predicted molar refractivity (Wildman–Crippen MR) is 95.0 cm³/mol. The second-order valence-electron chi connectivity index (χ2n) is 6.36. The van der Waals surface area contributed by atoms with Gasteiger partial charge in [-0.25, -0.2) is 0 Å². The second-order valence-corrected chi connectivity index (χ2v) is 6.36. The molecular weight excluding hydrogens is 302 g/mol. The minimum atomic E-state index is 0.136. The van der Waals surface area contributed by atoms with Gasteiger partial charge < -0.3 is 14.2 Å². The molecule has 0 unspecified atom stereocenters. The third kappa shape index (κ3) is 4.17. The molecule has 0 spiro atoms. The lowest BCUT2D eigenvalue weighted by molar-refractivity contribution is -0.132. The van der Waals surface area contributed by atoms with Crippen LogP contribution in [0.4, 0.5) is 5.69 Å². The van der Waals surface area contributed by atoms with Crippen LogP contribution in [0.3, 0.4) is 0 Å². The maximum absolute atomic E-state index is 12.4. The molecule has 0 saturated carbocycles. The van der Waals surface area contributed by atoms with Crippen molar-refractivity contribution in [1.29, 1.82) is 0 Å². The Hall–Kier alpha value is -2.27. The molecule has 1 aromatic carbocycles. The third-order valence-electron chi connectivity index (χ3n) is 4.47. The molecule has 0 N–H and O–H groups in total. The van der Waals surface area contributed by atoms with E-state index in [9.17, 15) is 4.79 Å². The Morgan fingerprint density at radius 1 is 1.08 bits per heavy atom. The summed E-state index contributed by atoms with van der Waals surface area (Å²) >= 11 is 0. The van der Waals surface area contributed by atoms with E-state index < -0.39 is 0 Å². The van der Waals surface area contributed by atoms with Crippen LogP contribution in [0, 0.1) is 6.92 Å². The number of rotatable bonds is 5. The van der Waals surface area contributed by atoms with Gasteiger partial charge in [0.2, 0.25) is 5.91 Å². The Labute approximate surface area is 143 Å². The average Bonchev–Trinajstić information content (AvgIpc) is 3.01. The van der Waals surface area contributed by atoms with Crippen LogP contribution >= 0.6 is 0 Å². The molecule has 1 fully saturated rings. The van der Waals surface area contributed by atoms with Gasteiger partial charge in [-0.1, -0.05) is 18.2 Å². The van der Waals surface area contributed by atoms with Gasteiger partial charge in [-0.3, -0.25) is 9.69 Å². The first-order valence-corrected chi connectivity index (χ1v) is 8.43. The fraction of sp³-hybridized carbons (Fsp3) is 0.421. The molecule has 0 atom stereocenters. The zero-order valence-corrected chi connectivity index (χ0v) is 14.4. The van der Waals surface area contributed by atoms with Crippen molar-refractivity contribution < 1.29 is 9.21 Å². The first-order chi connectivity index (χ1) is 11.6. The smallest absolute Gasteiger partial charge is 0.236 e. The number of nitrogens with zero attached hydrogens (tertiary/aromatic N) is 3. The maximum Gasteiger partial charge on any atom is 0.236 e. The highest BCUT2D eigenvalue weighted by atomic mass is 16.3. The zero-order chi connectivity index (χ0) is 16.9. The topological polar surface area (TPSA) is 39.9 Å². The fourth-order valence-electron chi connectivity index (χ4n) is 3.01. The van der Waals surface area contributed by atoms with Crippen LogP contribution in [0.5, 0.6) is 0 Å². The first-order valence-electron chi connectivity index (χ1n) is 8.43. The SMILES string of the molecule is Cc1ccc(CN(C)C(=O)CN2CCN(c3ccccc3)CC2)o1. The Morgan fingerprint density at radius 3 is 2.42 bits per heavy atom. The summed E-state index contributed by atoms with van der Waals surface area (Å²) in [4.78, 5) is 18.7. The van der Waals surface area contributed by atoms with Crippen molar-refractivity contribution in [3.8, 4) is 0 Å². The minimum Gasteiger partial charge on any atom is -0.464 e. The molecule has 2 aromatic rings. The largest absolute Gasteiger partial charge is 0.464 e. The van der Waals surface area contributed by atoms with E-state index in [0.29, 0.717) is 13.1 Å². The number of amides is 1. The van der Waals surface area contributed by atoms with Gasteiger partial charge in [0.05, 0.1) is 13.1 Å². The highest BCUT2D eigenvalue weighted by Crippen LogP contribution is 2.15. The number of piperazine rings is 1. The second kappa shape index (κ2) is 7.53. The van der Waals surface area contributed by atoms with Crippen LogP contribution < -0.4 is 4.90 Å². The van der Waals surface area contributed by atoms with E-state index in [-0.39, 0.29) is 5.91 Å². The monoisotopic (exact) mass is 327 g/mol. The number of hydrogen-bond donors (Lipinski definition) is 0. The number of aryl methyl sites for hydroxylation is 1. The molecule has 5 heteroatoms. The van der Waals surface area contributed by atoms with Crippen molar-refractivity contribution in [2.24, 2.45) is 0 Å². The average molecular weight is 327 g/mol. The lowest BCUT2D eigenvalue weighted by atomic mass is 10.2. The number of carbonyl (C=O) groups is 1. The van der Waals surface area contributed by atoms with E-state index in [2.05, 4.69) is 34.1 Å². The van der Waals surface area contributed by atoms with E-state index >= 15 is 0 Å². The molecule has 1 amide bonds. The van der Waals surface area contributed by atoms with E-state index in [0.717, 1.165) is 37.7 Å². The molecule has 1 aliphatic heterocycles. The number of benzene rings is 1. The highest BCUT2D eigenvalue weighted by molar-refractivity contribution is 5.78. The van der Waals surface area contributed by atoms with Gasteiger partial charge in [-0.05, 0) is 31.2 Å². The number of likely N-dealkylation sites (N-methyl/N-ethyl adjacent to an activating group) is 1. The Bertz CT molecular complexity index is 660. The molecule has 0 radical (unpaired) electrons. The van der Waals surface area contributed by atoms with Crippen molar-refractivity contribution in [3.63, 3.8) is 0 Å². The molecule has 0 bridgehead atoms. The first kappa shape index (κ1) is 16.6. The molecule has 5 nitrogen and oxygen atoms in total. The quantitative estimate of drug-likeness (QED) is 0.845. The molecule has 3 rings (SSSR count). The number of furan rings is 1. The number of carbonyl (C=O) groups excluding carboxylic acids is 1. The van der Waals surface area contributed by atoms with Crippen LogP contribution in [0.1, 0.15) is 11.5 Å². The van der Waals surface area contributed by atoms with Crippen molar-refractivity contribution in [2.45, 2.75) is 13.5 Å². The molecule has 1 aliphatic rings. The zero-order valence-electron chi connectivity index (χ0n) is 14.4. The molecule has 24 heavy (non-hydrogen) atoms. The summed E-state index contributed by atoms with van der Waals surface area (Å²) in [6.45, 7) is 6.65.